The molecule has 10 rings (SSSR count). The molecule has 3 aliphatic heterocycles. The minimum absolute atomic E-state index is 0.0223. The number of nitrogens with two attached hydrogens (primary N) is 1. The van der Waals surface area contributed by atoms with E-state index < -0.39 is 165 Å². The number of nitrogens with one attached hydrogen (secondary N) is 5. The highest BCUT2D eigenvalue weighted by Gasteiger charge is 2.50. The number of alkyl carbamates (subject to hydrolysis) is 1. The van der Waals surface area contributed by atoms with Crippen molar-refractivity contribution in [1.82, 2.24) is 41.3 Å². The Hall–Kier alpha value is -9.22. The Balaban J connectivity index is 0.889. The number of ether oxygens (including phenoxy) is 3. The van der Waals surface area contributed by atoms with Crippen molar-refractivity contribution in [1.29, 1.82) is 0 Å². The summed E-state index contributed by atoms with van der Waals surface area (Å²) in [5.41, 5.74) is 14.4. The van der Waals surface area contributed by atoms with Gasteiger partial charge in [-0.15, -0.1) is 0 Å². The van der Waals surface area contributed by atoms with Crippen LogP contribution in [-0.4, -0.2) is 231 Å². The third-order valence-electron chi connectivity index (χ3n) is 18.3. The lowest BCUT2D eigenvalue weighted by atomic mass is 9.98. The summed E-state index contributed by atoms with van der Waals surface area (Å²) in [5.74, 6) is -8.54. The van der Waals surface area contributed by atoms with Crippen LogP contribution in [0.15, 0.2) is 115 Å². The van der Waals surface area contributed by atoms with Crippen molar-refractivity contribution in [2.75, 3.05) is 59.6 Å². The summed E-state index contributed by atoms with van der Waals surface area (Å²) in [6.07, 6.45) is -13.6. The molecule has 0 spiro atoms. The molecule has 3 fully saturated rings. The lowest BCUT2D eigenvalue weighted by Gasteiger charge is -2.34. The number of nitrogens with zero attached hydrogens (tertiary/aromatic N) is 3. The summed E-state index contributed by atoms with van der Waals surface area (Å²) < 4.78 is 17.4. The number of aliphatic hydroxyl groups excluding tert-OH is 6. The lowest BCUT2D eigenvalue weighted by Crippen LogP contribution is -2.64. The molecule has 1 unspecified atom stereocenters. The average Bonchev–Trinajstić information content (AvgIpc) is 1.64. The van der Waals surface area contributed by atoms with Crippen LogP contribution in [0.3, 0.4) is 0 Å². The van der Waals surface area contributed by atoms with Gasteiger partial charge in [0.1, 0.15) is 50.0 Å². The number of likely N-dealkylation sites (N-methyl/N-ethyl adjacent to an activating group) is 1. The number of amides is 8. The number of phenolic OH excluding ortho intramolecular Hbond substituents is 1. The SMILES string of the molecule is C[C@@H](O)[C@@H]1NC(=O)C(N)C[C@@H](O)CNC(=O)[C@@H]2[C@@H](O)[C@@H](C)CN2C(=O)[C@H]([C@H](O)CCNC(=O)OCC2c3ccccc3-c3ccccc32)NC(=O)[C@H]([C@H](O)Cc2ccc(O)c(OCCN(C)C(=O)OCC3c4ccccc4-c4ccccc43)c2)NC(=O)[C@@H]2C[C@@H](O)CN2C1=O. The van der Waals surface area contributed by atoms with Crippen LogP contribution in [-0.2, 0) is 44.7 Å². The fourth-order valence-electron chi connectivity index (χ4n) is 13.2. The van der Waals surface area contributed by atoms with Gasteiger partial charge in [-0.25, -0.2) is 9.59 Å². The molecule has 0 aromatic heterocycles. The van der Waals surface area contributed by atoms with Crippen molar-refractivity contribution in [3.05, 3.63) is 143 Å². The monoisotopic (exact) mass is 1310 g/mol. The molecule has 506 valence electrons. The molecule has 13 atom stereocenters. The highest BCUT2D eigenvalue weighted by atomic mass is 16.6. The van der Waals surface area contributed by atoms with Gasteiger partial charge in [0.15, 0.2) is 11.5 Å². The summed E-state index contributed by atoms with van der Waals surface area (Å²) in [6.45, 7) is 0.673. The van der Waals surface area contributed by atoms with E-state index in [1.807, 2.05) is 97.1 Å². The first-order valence-corrected chi connectivity index (χ1v) is 31.7. The van der Waals surface area contributed by atoms with Crippen molar-refractivity contribution in [3.63, 3.8) is 0 Å². The molecule has 0 bridgehead atoms. The molecule has 8 amide bonds. The van der Waals surface area contributed by atoms with Crippen LogP contribution in [0.1, 0.15) is 72.8 Å². The van der Waals surface area contributed by atoms with E-state index >= 15 is 9.59 Å². The smallest absolute Gasteiger partial charge is 0.409 e. The van der Waals surface area contributed by atoms with Crippen LogP contribution in [0.25, 0.3) is 22.3 Å². The number of carbonyl (C=O) groups is 8. The summed E-state index contributed by atoms with van der Waals surface area (Å²) in [5, 5.41) is 92.0. The second-order valence-corrected chi connectivity index (χ2v) is 25.0. The fourth-order valence-corrected chi connectivity index (χ4v) is 13.2. The highest BCUT2D eigenvalue weighted by molar-refractivity contribution is 5.98. The van der Waals surface area contributed by atoms with Gasteiger partial charge in [-0.1, -0.05) is 110 Å². The first kappa shape index (κ1) is 68.6. The molecule has 5 aromatic rings. The van der Waals surface area contributed by atoms with Crippen LogP contribution in [0.4, 0.5) is 9.59 Å². The van der Waals surface area contributed by atoms with Crippen LogP contribution in [0.5, 0.6) is 11.5 Å². The zero-order valence-corrected chi connectivity index (χ0v) is 52.7. The molecule has 3 heterocycles. The number of β-amino-alcohol motifs (C(OH)–C–C–N with tert-alkyl or cyclic N) is 1. The second-order valence-electron chi connectivity index (χ2n) is 25.0. The van der Waals surface area contributed by atoms with E-state index in [1.165, 1.54) is 37.1 Å². The maximum Gasteiger partial charge on any atom is 0.409 e. The number of benzene rings is 5. The number of hydrogen-bond donors (Lipinski definition) is 13. The normalized spacial score (nSPS) is 25.2. The Bertz CT molecular complexity index is 3580. The zero-order chi connectivity index (χ0) is 67.9. The van der Waals surface area contributed by atoms with E-state index in [0.29, 0.717) is 0 Å². The van der Waals surface area contributed by atoms with Crippen molar-refractivity contribution in [3.8, 4) is 33.8 Å². The molecular formula is C68H81N9O18. The summed E-state index contributed by atoms with van der Waals surface area (Å²) in [7, 11) is 1.51. The molecule has 2 aliphatic carbocycles. The van der Waals surface area contributed by atoms with E-state index in [-0.39, 0.29) is 68.4 Å². The van der Waals surface area contributed by atoms with Crippen molar-refractivity contribution in [2.24, 2.45) is 11.7 Å². The molecule has 27 nitrogen and oxygen atoms in total. The van der Waals surface area contributed by atoms with Crippen LogP contribution in [0, 0.1) is 5.92 Å². The largest absolute Gasteiger partial charge is 0.504 e. The van der Waals surface area contributed by atoms with Crippen molar-refractivity contribution < 1.29 is 88.3 Å². The molecule has 0 saturated carbocycles. The first-order chi connectivity index (χ1) is 45.5. The Morgan fingerprint density at radius 2 is 1.21 bits per heavy atom. The van der Waals surface area contributed by atoms with Gasteiger partial charge in [-0.2, -0.15) is 0 Å². The van der Waals surface area contributed by atoms with E-state index in [0.717, 1.165) is 61.2 Å². The van der Waals surface area contributed by atoms with Gasteiger partial charge in [0.2, 0.25) is 35.4 Å². The topological polar surface area (TPSA) is 402 Å². The van der Waals surface area contributed by atoms with Crippen LogP contribution >= 0.6 is 0 Å². The van der Waals surface area contributed by atoms with Crippen LogP contribution in [0.2, 0.25) is 0 Å². The Labute approximate surface area is 547 Å². The number of hydrogen-bond acceptors (Lipinski definition) is 19. The number of rotatable bonds is 16. The quantitative estimate of drug-likeness (QED) is 0.0621. The minimum atomic E-state index is -2.13. The molecule has 14 N–H and O–H groups in total. The van der Waals surface area contributed by atoms with Gasteiger partial charge in [0, 0.05) is 63.8 Å². The Morgan fingerprint density at radius 3 is 1.80 bits per heavy atom. The summed E-state index contributed by atoms with van der Waals surface area (Å²) in [6, 6.07) is 24.2. The number of carbonyl (C=O) groups excluding carboxylic acids is 8. The molecular weight excluding hydrogens is 1230 g/mol. The van der Waals surface area contributed by atoms with Gasteiger partial charge >= 0.3 is 12.2 Å². The number of aromatic hydroxyl groups is 1. The second kappa shape index (κ2) is 30.0. The van der Waals surface area contributed by atoms with E-state index in [4.69, 9.17) is 19.9 Å². The predicted octanol–water partition coefficient (Wildman–Crippen LogP) is 0.0579. The van der Waals surface area contributed by atoms with E-state index in [2.05, 4.69) is 26.6 Å². The van der Waals surface area contributed by atoms with E-state index in [1.54, 1.807) is 0 Å². The van der Waals surface area contributed by atoms with Gasteiger partial charge < -0.3 is 97.0 Å². The maximum atomic E-state index is 15.2. The number of aliphatic hydroxyl groups is 6. The lowest BCUT2D eigenvalue weighted by molar-refractivity contribution is -0.147. The molecule has 0 radical (unpaired) electrons. The maximum absolute atomic E-state index is 15.2. The molecule has 5 aliphatic rings. The predicted molar refractivity (Wildman–Crippen MR) is 341 cm³/mol. The minimum Gasteiger partial charge on any atom is -0.504 e. The Kier molecular flexibility index (Phi) is 21.7. The van der Waals surface area contributed by atoms with Gasteiger partial charge in [0.05, 0.1) is 49.2 Å². The molecule has 3 saturated heterocycles. The number of phenols is 1. The highest BCUT2D eigenvalue weighted by Crippen LogP contribution is 2.46. The summed E-state index contributed by atoms with van der Waals surface area (Å²) >= 11 is 0. The molecule has 27 heteroatoms. The third-order valence-corrected chi connectivity index (χ3v) is 18.3. The third kappa shape index (κ3) is 15.3. The average molecular weight is 1310 g/mol. The zero-order valence-electron chi connectivity index (χ0n) is 52.7. The summed E-state index contributed by atoms with van der Waals surface area (Å²) in [4.78, 5) is 117. The van der Waals surface area contributed by atoms with Gasteiger partial charge in [-0.3, -0.25) is 28.8 Å². The standard InChI is InChI=1S/C68H81N9O18/c1-35-31-77-59(60(35)84)64(88)71-30-38(79)28-50(69)61(85)72-56(36(2)78)65(89)76-32-39(80)29-51(76)62(86)73-57(63(87)74-58(66(77)90)53(82)22-23-70-67(91)94-33-48-44-16-8-4-12-40(44)41-13-5-9-17-45(41)48)54(83)26-37-20-21-52(81)55(27-37)93-25-24-75(3)68(92)95-34-49-46-18-10-6-14-42(46)43-15-7-11-19-47(43)49/h4-21,27,35-36,38-39,48-51,53-54,56-60,78-84H,22-26,28-34,69H2,1-3H3,(H,70,91)(H,71,88)(H,72,85)(H,73,86)(H,74,87)/t35-,36+,38+,39+,50?,51-,53+,54+,56-,57-,58-,59-,60-/m0/s1. The van der Waals surface area contributed by atoms with Crippen molar-refractivity contribution >= 4 is 47.6 Å². The van der Waals surface area contributed by atoms with E-state index in [9.17, 15) is 64.5 Å². The molecule has 5 aromatic carbocycles. The Morgan fingerprint density at radius 1 is 0.663 bits per heavy atom. The van der Waals surface area contributed by atoms with Gasteiger partial charge in [-0.05, 0) is 82.0 Å². The first-order valence-electron chi connectivity index (χ1n) is 31.7. The van der Waals surface area contributed by atoms with Gasteiger partial charge in [0.25, 0.3) is 0 Å². The fraction of sp³-hybridized carbons (Fsp3) is 0.441. The molecule has 95 heavy (non-hydrogen) atoms. The number of fused-ring (bicyclic) bond motifs is 8. The van der Waals surface area contributed by atoms with Crippen LogP contribution < -0.4 is 37.1 Å². The van der Waals surface area contributed by atoms with Crippen molar-refractivity contribution in [2.45, 2.75) is 124 Å².